The molecule has 1 unspecified atom stereocenters. The van der Waals surface area contributed by atoms with Gasteiger partial charge in [-0.1, -0.05) is 20.3 Å². The summed E-state index contributed by atoms with van der Waals surface area (Å²) in [6.45, 7) is 6.03. The van der Waals surface area contributed by atoms with E-state index in [2.05, 4.69) is 19.2 Å². The molecule has 1 aromatic rings. The number of rotatable bonds is 8. The van der Waals surface area contributed by atoms with E-state index in [-0.39, 0.29) is 18.6 Å². The largest absolute Gasteiger partial charge is 0.491 e. The lowest BCUT2D eigenvalue weighted by atomic mass is 10.1. The van der Waals surface area contributed by atoms with Gasteiger partial charge in [0.1, 0.15) is 18.1 Å². The van der Waals surface area contributed by atoms with Crippen LogP contribution in [0.25, 0.3) is 0 Å². The first kappa shape index (κ1) is 15.6. The summed E-state index contributed by atoms with van der Waals surface area (Å²) < 4.78 is 16.1. The standard InChI is InChI=1S/C16H23NO4/c1-3-5-8-19-16(18)11-20-12-6-7-13-14(17-4-2)10-21-15(13)9-12/h6-7,9,14,17H,3-5,8,10-11H2,1-2H3. The van der Waals surface area contributed by atoms with E-state index in [1.165, 1.54) is 0 Å². The Balaban J connectivity index is 1.84. The third kappa shape index (κ3) is 4.36. The van der Waals surface area contributed by atoms with Crippen molar-refractivity contribution in [2.24, 2.45) is 0 Å². The molecule has 2 rings (SSSR count). The fourth-order valence-electron chi connectivity index (χ4n) is 2.21. The van der Waals surface area contributed by atoms with Crippen LogP contribution in [0.3, 0.4) is 0 Å². The SMILES string of the molecule is CCCCOC(=O)COc1ccc2c(c1)OCC2NCC. The Hall–Kier alpha value is -1.75. The predicted octanol–water partition coefficient (Wildman–Crippen LogP) is 2.45. The predicted molar refractivity (Wildman–Crippen MR) is 79.7 cm³/mol. The minimum absolute atomic E-state index is 0.0703. The Bertz CT molecular complexity index is 475. The number of fused-ring (bicyclic) bond motifs is 1. The zero-order valence-corrected chi connectivity index (χ0v) is 12.7. The van der Waals surface area contributed by atoms with Crippen molar-refractivity contribution in [1.82, 2.24) is 5.32 Å². The maximum atomic E-state index is 11.5. The molecule has 21 heavy (non-hydrogen) atoms. The van der Waals surface area contributed by atoms with Crippen molar-refractivity contribution in [2.45, 2.75) is 32.7 Å². The van der Waals surface area contributed by atoms with Crippen LogP contribution in [-0.2, 0) is 9.53 Å². The first-order valence-corrected chi connectivity index (χ1v) is 7.53. The van der Waals surface area contributed by atoms with Gasteiger partial charge in [-0.05, 0) is 25.1 Å². The van der Waals surface area contributed by atoms with Crippen molar-refractivity contribution >= 4 is 5.97 Å². The molecule has 1 aliphatic rings. The number of esters is 1. The molecule has 0 fully saturated rings. The van der Waals surface area contributed by atoms with Crippen LogP contribution in [0.2, 0.25) is 0 Å². The van der Waals surface area contributed by atoms with Gasteiger partial charge in [-0.2, -0.15) is 0 Å². The lowest BCUT2D eigenvalue weighted by Gasteiger charge is -2.10. The summed E-state index contributed by atoms with van der Waals surface area (Å²) in [5.41, 5.74) is 1.13. The summed E-state index contributed by atoms with van der Waals surface area (Å²) in [5, 5.41) is 3.36. The summed E-state index contributed by atoms with van der Waals surface area (Å²) in [7, 11) is 0. The van der Waals surface area contributed by atoms with Gasteiger partial charge in [0, 0.05) is 11.6 Å². The topological polar surface area (TPSA) is 56.8 Å². The van der Waals surface area contributed by atoms with Crippen molar-refractivity contribution in [1.29, 1.82) is 0 Å². The molecule has 5 heteroatoms. The van der Waals surface area contributed by atoms with Gasteiger partial charge in [-0.25, -0.2) is 4.79 Å². The molecule has 0 spiro atoms. The van der Waals surface area contributed by atoms with Gasteiger partial charge in [-0.3, -0.25) is 0 Å². The van der Waals surface area contributed by atoms with Crippen LogP contribution in [0.1, 0.15) is 38.3 Å². The summed E-state index contributed by atoms with van der Waals surface area (Å²) in [6.07, 6.45) is 1.88. The monoisotopic (exact) mass is 293 g/mol. The minimum atomic E-state index is -0.338. The minimum Gasteiger partial charge on any atom is -0.491 e. The Morgan fingerprint density at radius 3 is 3.05 bits per heavy atom. The Morgan fingerprint density at radius 1 is 1.43 bits per heavy atom. The fraction of sp³-hybridized carbons (Fsp3) is 0.562. The number of nitrogens with one attached hydrogen (secondary N) is 1. The quantitative estimate of drug-likeness (QED) is 0.589. The fourth-order valence-corrected chi connectivity index (χ4v) is 2.21. The highest BCUT2D eigenvalue weighted by Gasteiger charge is 2.23. The average Bonchev–Trinajstić information content (AvgIpc) is 2.88. The van der Waals surface area contributed by atoms with Crippen molar-refractivity contribution in [2.75, 3.05) is 26.4 Å². The lowest BCUT2D eigenvalue weighted by Crippen LogP contribution is -2.21. The van der Waals surface area contributed by atoms with Crippen molar-refractivity contribution < 1.29 is 19.0 Å². The normalized spacial score (nSPS) is 16.2. The maximum absolute atomic E-state index is 11.5. The van der Waals surface area contributed by atoms with Crippen LogP contribution < -0.4 is 14.8 Å². The molecule has 0 bridgehead atoms. The number of hydrogen-bond donors (Lipinski definition) is 1. The number of hydrogen-bond acceptors (Lipinski definition) is 5. The maximum Gasteiger partial charge on any atom is 0.344 e. The average molecular weight is 293 g/mol. The zero-order chi connectivity index (χ0) is 15.1. The second-order valence-electron chi connectivity index (χ2n) is 4.98. The molecule has 5 nitrogen and oxygen atoms in total. The molecule has 0 aromatic heterocycles. The molecule has 1 N–H and O–H groups in total. The van der Waals surface area contributed by atoms with Gasteiger partial charge in [0.05, 0.1) is 12.6 Å². The van der Waals surface area contributed by atoms with E-state index in [9.17, 15) is 4.79 Å². The van der Waals surface area contributed by atoms with Crippen LogP contribution in [0.5, 0.6) is 11.5 Å². The van der Waals surface area contributed by atoms with E-state index in [0.29, 0.717) is 19.0 Å². The molecule has 1 atom stereocenters. The molecule has 0 saturated carbocycles. The molecule has 1 aliphatic heterocycles. The van der Waals surface area contributed by atoms with Gasteiger partial charge in [-0.15, -0.1) is 0 Å². The van der Waals surface area contributed by atoms with Crippen molar-refractivity contribution in [3.05, 3.63) is 23.8 Å². The highest BCUT2D eigenvalue weighted by molar-refractivity contribution is 5.71. The van der Waals surface area contributed by atoms with Crippen LogP contribution >= 0.6 is 0 Å². The summed E-state index contributed by atoms with van der Waals surface area (Å²) in [4.78, 5) is 11.5. The number of ether oxygens (including phenoxy) is 3. The van der Waals surface area contributed by atoms with Gasteiger partial charge in [0.2, 0.25) is 0 Å². The summed E-state index contributed by atoms with van der Waals surface area (Å²) in [6, 6.07) is 5.90. The molecule has 116 valence electrons. The smallest absolute Gasteiger partial charge is 0.344 e. The van der Waals surface area contributed by atoms with Crippen LogP contribution in [-0.4, -0.2) is 32.3 Å². The summed E-state index contributed by atoms with van der Waals surface area (Å²) >= 11 is 0. The van der Waals surface area contributed by atoms with E-state index < -0.39 is 0 Å². The third-order valence-electron chi connectivity index (χ3n) is 3.33. The molecule has 0 radical (unpaired) electrons. The van der Waals surface area contributed by atoms with Crippen LogP contribution in [0, 0.1) is 0 Å². The third-order valence-corrected chi connectivity index (χ3v) is 3.33. The van der Waals surface area contributed by atoms with E-state index in [4.69, 9.17) is 14.2 Å². The van der Waals surface area contributed by atoms with E-state index in [0.717, 1.165) is 30.7 Å². The van der Waals surface area contributed by atoms with E-state index >= 15 is 0 Å². The Morgan fingerprint density at radius 2 is 2.29 bits per heavy atom. The number of carbonyl (C=O) groups excluding carboxylic acids is 1. The number of carbonyl (C=O) groups is 1. The molecule has 0 saturated heterocycles. The summed E-state index contributed by atoms with van der Waals surface area (Å²) in [5.74, 6) is 1.10. The zero-order valence-electron chi connectivity index (χ0n) is 12.7. The molecular formula is C16H23NO4. The lowest BCUT2D eigenvalue weighted by molar-refractivity contribution is -0.146. The first-order valence-electron chi connectivity index (χ1n) is 7.53. The number of likely N-dealkylation sites (N-methyl/N-ethyl adjacent to an activating group) is 1. The first-order chi connectivity index (χ1) is 10.2. The highest BCUT2D eigenvalue weighted by Crippen LogP contribution is 2.35. The van der Waals surface area contributed by atoms with Crippen LogP contribution in [0.15, 0.2) is 18.2 Å². The highest BCUT2D eigenvalue weighted by atomic mass is 16.6. The van der Waals surface area contributed by atoms with Gasteiger partial charge < -0.3 is 19.5 Å². The Labute approximate surface area is 125 Å². The number of benzene rings is 1. The molecule has 0 aliphatic carbocycles. The second kappa shape index (κ2) is 7.88. The van der Waals surface area contributed by atoms with Crippen molar-refractivity contribution in [3.8, 4) is 11.5 Å². The van der Waals surface area contributed by atoms with E-state index in [1.54, 1.807) is 0 Å². The number of unbranched alkanes of at least 4 members (excludes halogenated alkanes) is 1. The van der Waals surface area contributed by atoms with Gasteiger partial charge in [0.25, 0.3) is 0 Å². The molecular weight excluding hydrogens is 270 g/mol. The van der Waals surface area contributed by atoms with E-state index in [1.807, 2.05) is 18.2 Å². The molecule has 0 amide bonds. The van der Waals surface area contributed by atoms with Crippen molar-refractivity contribution in [3.63, 3.8) is 0 Å². The van der Waals surface area contributed by atoms with Gasteiger partial charge in [0.15, 0.2) is 6.61 Å². The molecule has 1 aromatic carbocycles. The second-order valence-corrected chi connectivity index (χ2v) is 4.98. The van der Waals surface area contributed by atoms with Gasteiger partial charge >= 0.3 is 5.97 Å². The van der Waals surface area contributed by atoms with Crippen LogP contribution in [0.4, 0.5) is 0 Å². The molecule has 1 heterocycles. The Kier molecular flexibility index (Phi) is 5.87.